The van der Waals surface area contributed by atoms with Gasteiger partial charge in [-0.25, -0.2) is 9.97 Å². The Kier molecular flexibility index (Phi) is 4.56. The van der Waals surface area contributed by atoms with Gasteiger partial charge in [0.2, 0.25) is 11.9 Å². The van der Waals surface area contributed by atoms with Gasteiger partial charge in [-0.15, -0.1) is 0 Å². The van der Waals surface area contributed by atoms with Crippen LogP contribution < -0.4 is 27.8 Å². The molecule has 0 radical (unpaired) electrons. The van der Waals surface area contributed by atoms with Crippen LogP contribution >= 0.6 is 11.6 Å². The molecule has 0 atom stereocenters. The van der Waals surface area contributed by atoms with E-state index in [1.807, 2.05) is 10.6 Å². The topological polar surface area (TPSA) is 186 Å². The van der Waals surface area contributed by atoms with Crippen LogP contribution in [0.3, 0.4) is 0 Å². The maximum Gasteiger partial charge on any atom is 0.280 e. The van der Waals surface area contributed by atoms with Gasteiger partial charge in [0.25, 0.3) is 5.91 Å². The van der Waals surface area contributed by atoms with Gasteiger partial charge in [0.15, 0.2) is 22.5 Å². The van der Waals surface area contributed by atoms with Crippen molar-refractivity contribution in [1.29, 1.82) is 5.41 Å². The van der Waals surface area contributed by atoms with Gasteiger partial charge in [0, 0.05) is 0 Å². The van der Waals surface area contributed by atoms with Crippen LogP contribution in [0.1, 0.15) is 10.5 Å². The zero-order valence-electron chi connectivity index (χ0n) is 9.53. The average molecular weight is 287 g/mol. The average Bonchev–Trinajstić information content (AvgIpc) is 2.33. The number of hydrogen-bond acceptors (Lipinski definition) is 8. The Morgan fingerprint density at radius 2 is 1.84 bits per heavy atom. The lowest BCUT2D eigenvalue weighted by Crippen LogP contribution is -2.45. The number of guanidine groups is 1. The third-order valence-electron chi connectivity index (χ3n) is 1.81. The summed E-state index contributed by atoms with van der Waals surface area (Å²) < 4.78 is 0. The predicted octanol–water partition coefficient (Wildman–Crippen LogP) is -1.97. The number of aromatic nitrogens is 2. The maximum atomic E-state index is 11.7. The summed E-state index contributed by atoms with van der Waals surface area (Å²) in [6.07, 6.45) is 0. The summed E-state index contributed by atoms with van der Waals surface area (Å²) in [5.41, 5.74) is 15.5. The molecule has 1 aromatic heterocycles. The second-order valence-corrected chi connectivity index (χ2v) is 3.57. The highest BCUT2D eigenvalue weighted by molar-refractivity contribution is 6.31. The highest BCUT2D eigenvalue weighted by atomic mass is 35.5. The number of rotatable bonds is 2. The molecular weight excluding hydrogens is 276 g/mol. The van der Waals surface area contributed by atoms with Gasteiger partial charge in [0.05, 0.1) is 6.54 Å². The largest absolute Gasteiger partial charge is 0.382 e. The number of hydrogen-bond donors (Lipinski definition) is 6. The number of nitrogens with zero attached hydrogens (tertiary/aromatic N) is 2. The number of nitrogens with one attached hydrogen (secondary N) is 3. The van der Waals surface area contributed by atoms with Crippen LogP contribution in [0.25, 0.3) is 0 Å². The van der Waals surface area contributed by atoms with Gasteiger partial charge in [-0.1, -0.05) is 11.6 Å². The second kappa shape index (κ2) is 5.93. The van der Waals surface area contributed by atoms with Gasteiger partial charge < -0.3 is 17.2 Å². The molecule has 19 heavy (non-hydrogen) atoms. The molecule has 0 aliphatic heterocycles. The number of carbonyl (C=O) groups excluding carboxylic acids is 2. The van der Waals surface area contributed by atoms with E-state index >= 15 is 0 Å². The number of amides is 2. The van der Waals surface area contributed by atoms with Gasteiger partial charge >= 0.3 is 0 Å². The van der Waals surface area contributed by atoms with E-state index < -0.39 is 17.8 Å². The molecule has 11 heteroatoms. The van der Waals surface area contributed by atoms with Crippen molar-refractivity contribution in [3.8, 4) is 0 Å². The molecule has 0 aliphatic carbocycles. The SMILES string of the molecule is N=C(NC(=O)CN)NC(=O)c1nc(Cl)c(N)nc1N. The molecule has 0 saturated carbocycles. The predicted molar refractivity (Wildman–Crippen MR) is 68.3 cm³/mol. The zero-order chi connectivity index (χ0) is 14.6. The Hall–Kier alpha value is -2.46. The Balaban J connectivity index is 2.82. The first-order valence-corrected chi connectivity index (χ1v) is 5.21. The third-order valence-corrected chi connectivity index (χ3v) is 2.09. The van der Waals surface area contributed by atoms with Gasteiger partial charge in [-0.2, -0.15) is 0 Å². The van der Waals surface area contributed by atoms with Crippen LogP contribution in [0.5, 0.6) is 0 Å². The Morgan fingerprint density at radius 1 is 1.21 bits per heavy atom. The van der Waals surface area contributed by atoms with E-state index in [4.69, 9.17) is 34.2 Å². The van der Waals surface area contributed by atoms with E-state index in [9.17, 15) is 9.59 Å². The molecule has 0 bridgehead atoms. The van der Waals surface area contributed by atoms with Crippen LogP contribution in [0.2, 0.25) is 5.15 Å². The van der Waals surface area contributed by atoms with Crippen molar-refractivity contribution < 1.29 is 9.59 Å². The molecule has 0 unspecified atom stereocenters. The third kappa shape index (κ3) is 3.76. The lowest BCUT2D eigenvalue weighted by atomic mass is 10.4. The first kappa shape index (κ1) is 14.6. The minimum atomic E-state index is -0.866. The van der Waals surface area contributed by atoms with E-state index in [1.54, 1.807) is 0 Å². The minimum Gasteiger partial charge on any atom is -0.382 e. The molecule has 9 N–H and O–H groups in total. The number of nitrogens with two attached hydrogens (primary N) is 3. The molecular formula is C8H11ClN8O2. The summed E-state index contributed by atoms with van der Waals surface area (Å²) in [6, 6.07) is 0. The number of nitrogen functional groups attached to an aromatic ring is 2. The van der Waals surface area contributed by atoms with Crippen molar-refractivity contribution in [2.75, 3.05) is 18.0 Å². The van der Waals surface area contributed by atoms with Crippen molar-refractivity contribution in [3.05, 3.63) is 10.8 Å². The number of anilines is 2. The summed E-state index contributed by atoms with van der Waals surface area (Å²) in [5.74, 6) is -2.46. The zero-order valence-corrected chi connectivity index (χ0v) is 10.3. The second-order valence-electron chi connectivity index (χ2n) is 3.21. The molecule has 0 aromatic carbocycles. The van der Waals surface area contributed by atoms with Crippen molar-refractivity contribution >= 4 is 41.0 Å². The molecule has 1 rings (SSSR count). The quantitative estimate of drug-likeness (QED) is 0.269. The van der Waals surface area contributed by atoms with E-state index in [1.165, 1.54) is 0 Å². The first-order chi connectivity index (χ1) is 8.85. The smallest absolute Gasteiger partial charge is 0.280 e. The van der Waals surface area contributed by atoms with Crippen molar-refractivity contribution in [2.24, 2.45) is 5.73 Å². The van der Waals surface area contributed by atoms with E-state index in [2.05, 4.69) is 9.97 Å². The first-order valence-electron chi connectivity index (χ1n) is 4.83. The minimum absolute atomic E-state index is 0.123. The summed E-state index contributed by atoms with van der Waals surface area (Å²) in [5, 5.41) is 11.1. The molecule has 1 aromatic rings. The van der Waals surface area contributed by atoms with Crippen LogP contribution in [0.15, 0.2) is 0 Å². The number of carbonyl (C=O) groups is 2. The summed E-state index contributed by atoms with van der Waals surface area (Å²) in [4.78, 5) is 29.8. The molecule has 0 aliphatic rings. The Morgan fingerprint density at radius 3 is 2.42 bits per heavy atom. The normalized spacial score (nSPS) is 9.79. The summed E-state index contributed by atoms with van der Waals surface area (Å²) >= 11 is 5.60. The molecule has 10 nitrogen and oxygen atoms in total. The monoisotopic (exact) mass is 286 g/mol. The van der Waals surface area contributed by atoms with Crippen LogP contribution in [0.4, 0.5) is 11.6 Å². The fraction of sp³-hybridized carbons (Fsp3) is 0.125. The molecule has 2 amide bonds. The fourth-order valence-corrected chi connectivity index (χ4v) is 1.13. The van der Waals surface area contributed by atoms with Gasteiger partial charge in [-0.3, -0.25) is 25.6 Å². The van der Waals surface area contributed by atoms with E-state index in [-0.39, 0.29) is 29.0 Å². The van der Waals surface area contributed by atoms with Crippen molar-refractivity contribution in [3.63, 3.8) is 0 Å². The van der Waals surface area contributed by atoms with E-state index in [0.29, 0.717) is 0 Å². The Bertz CT molecular complexity index is 546. The number of halogens is 1. The molecule has 102 valence electrons. The standard InChI is InChI=1S/C8H11ClN8O2/c9-4-6(12)16-5(11)3(15-4)7(19)17-8(13)14-2(18)1-10/h1,10H2,(H4,11,12,16)(H3,13,14,17,18,19). The summed E-state index contributed by atoms with van der Waals surface area (Å²) in [6.45, 7) is -0.326. The molecule has 0 fully saturated rings. The van der Waals surface area contributed by atoms with Crippen molar-refractivity contribution in [2.45, 2.75) is 0 Å². The maximum absolute atomic E-state index is 11.7. The van der Waals surface area contributed by atoms with Gasteiger partial charge in [0.1, 0.15) is 0 Å². The van der Waals surface area contributed by atoms with Crippen molar-refractivity contribution in [1.82, 2.24) is 20.6 Å². The lowest BCUT2D eigenvalue weighted by molar-refractivity contribution is -0.118. The highest BCUT2D eigenvalue weighted by Crippen LogP contribution is 2.16. The van der Waals surface area contributed by atoms with Gasteiger partial charge in [-0.05, 0) is 0 Å². The van der Waals surface area contributed by atoms with E-state index in [0.717, 1.165) is 0 Å². The lowest BCUT2D eigenvalue weighted by Gasteiger charge is -2.08. The molecule has 1 heterocycles. The highest BCUT2D eigenvalue weighted by Gasteiger charge is 2.17. The van der Waals surface area contributed by atoms with Crippen LogP contribution in [-0.4, -0.2) is 34.3 Å². The summed E-state index contributed by atoms with van der Waals surface area (Å²) in [7, 11) is 0. The fourth-order valence-electron chi connectivity index (χ4n) is 1.00. The molecule has 0 spiro atoms. The van der Waals surface area contributed by atoms with Crippen LogP contribution in [0, 0.1) is 5.41 Å². The molecule has 0 saturated heterocycles. The Labute approximate surface area is 112 Å². The van der Waals surface area contributed by atoms with Crippen LogP contribution in [-0.2, 0) is 4.79 Å².